The number of nitrogens with zero attached hydrogens (tertiary/aromatic N) is 2. The Kier molecular flexibility index (Phi) is 6.60. The van der Waals surface area contributed by atoms with Gasteiger partial charge < -0.3 is 14.4 Å². The van der Waals surface area contributed by atoms with Crippen LogP contribution in [-0.2, 0) is 9.84 Å². The molecule has 2 heterocycles. The number of thiazole rings is 1. The highest BCUT2D eigenvalue weighted by Crippen LogP contribution is 2.36. The second kappa shape index (κ2) is 9.25. The Morgan fingerprint density at radius 3 is 2.53 bits per heavy atom. The third kappa shape index (κ3) is 4.55. The van der Waals surface area contributed by atoms with Gasteiger partial charge in [0.25, 0.3) is 0 Å². The molecule has 10 heteroatoms. The minimum Gasteiger partial charge on any atom is -0.497 e. The number of hydrogen-bond acceptors (Lipinski definition) is 7. The van der Waals surface area contributed by atoms with Gasteiger partial charge >= 0.3 is 0 Å². The number of aromatic nitrogens is 1. The van der Waals surface area contributed by atoms with Crippen LogP contribution < -0.4 is 14.4 Å². The van der Waals surface area contributed by atoms with E-state index in [4.69, 9.17) is 21.1 Å². The highest BCUT2D eigenvalue weighted by molar-refractivity contribution is 7.92. The van der Waals surface area contributed by atoms with Crippen molar-refractivity contribution in [1.29, 1.82) is 0 Å². The lowest BCUT2D eigenvalue weighted by atomic mass is 10.1. The third-order valence-electron chi connectivity index (χ3n) is 5.48. The van der Waals surface area contributed by atoms with Crippen LogP contribution in [0.2, 0.25) is 5.02 Å². The predicted octanol–water partition coefficient (Wildman–Crippen LogP) is 5.06. The SMILES string of the molecule is COc1ccc(S(=O)(=O)C2CCN(c3nc(-c4cc(F)cc(Cl)c4)cs3)CC2)c(OC)c1. The van der Waals surface area contributed by atoms with Crippen molar-refractivity contribution in [3.63, 3.8) is 0 Å². The van der Waals surface area contributed by atoms with Gasteiger partial charge in [-0.25, -0.2) is 17.8 Å². The molecule has 0 bridgehead atoms. The molecule has 0 unspecified atom stereocenters. The van der Waals surface area contributed by atoms with E-state index in [0.29, 0.717) is 48.0 Å². The average molecular weight is 497 g/mol. The number of halogens is 2. The highest BCUT2D eigenvalue weighted by Gasteiger charge is 2.34. The molecule has 6 nitrogen and oxygen atoms in total. The van der Waals surface area contributed by atoms with Gasteiger partial charge in [-0.05, 0) is 43.2 Å². The van der Waals surface area contributed by atoms with Gasteiger partial charge in [-0.2, -0.15) is 0 Å². The molecule has 0 amide bonds. The highest BCUT2D eigenvalue weighted by atomic mass is 35.5. The molecule has 1 fully saturated rings. The molecule has 1 saturated heterocycles. The normalized spacial score (nSPS) is 15.1. The molecule has 1 aliphatic rings. The quantitative estimate of drug-likeness (QED) is 0.475. The van der Waals surface area contributed by atoms with Crippen molar-refractivity contribution in [3.05, 3.63) is 52.6 Å². The van der Waals surface area contributed by atoms with Crippen molar-refractivity contribution >= 4 is 37.9 Å². The molecule has 1 aliphatic heterocycles. The van der Waals surface area contributed by atoms with Crippen molar-refractivity contribution in [1.82, 2.24) is 4.98 Å². The van der Waals surface area contributed by atoms with E-state index in [1.807, 2.05) is 5.38 Å². The zero-order valence-corrected chi connectivity index (χ0v) is 19.9. The van der Waals surface area contributed by atoms with Gasteiger partial charge in [0, 0.05) is 35.1 Å². The van der Waals surface area contributed by atoms with E-state index in [0.717, 1.165) is 5.13 Å². The largest absolute Gasteiger partial charge is 0.497 e. The number of piperidine rings is 1. The van der Waals surface area contributed by atoms with Crippen LogP contribution in [0.5, 0.6) is 11.5 Å². The third-order valence-corrected chi connectivity index (χ3v) is 8.90. The minimum atomic E-state index is -3.56. The number of anilines is 1. The molecule has 0 spiro atoms. The topological polar surface area (TPSA) is 68.7 Å². The Morgan fingerprint density at radius 1 is 1.12 bits per heavy atom. The van der Waals surface area contributed by atoms with E-state index in [1.165, 1.54) is 43.8 Å². The molecule has 1 aromatic heterocycles. The maximum absolute atomic E-state index is 13.7. The fourth-order valence-corrected chi connectivity index (χ4v) is 6.77. The lowest BCUT2D eigenvalue weighted by Crippen LogP contribution is -2.39. The van der Waals surface area contributed by atoms with Crippen molar-refractivity contribution in [3.8, 4) is 22.8 Å². The summed E-state index contributed by atoms with van der Waals surface area (Å²) in [5.41, 5.74) is 1.26. The molecular weight excluding hydrogens is 475 g/mol. The summed E-state index contributed by atoms with van der Waals surface area (Å²) in [4.78, 5) is 6.86. The minimum absolute atomic E-state index is 0.179. The molecule has 3 aromatic rings. The Hall–Kier alpha value is -2.36. The Morgan fingerprint density at radius 2 is 1.88 bits per heavy atom. The first-order valence-electron chi connectivity index (χ1n) is 9.94. The summed E-state index contributed by atoms with van der Waals surface area (Å²) in [7, 11) is -0.597. The maximum Gasteiger partial charge on any atom is 0.185 e. The molecule has 0 N–H and O–H groups in total. The van der Waals surface area contributed by atoms with Crippen LogP contribution in [0.4, 0.5) is 9.52 Å². The van der Waals surface area contributed by atoms with Gasteiger partial charge in [0.1, 0.15) is 22.2 Å². The monoisotopic (exact) mass is 496 g/mol. The van der Waals surface area contributed by atoms with Crippen molar-refractivity contribution in [2.75, 3.05) is 32.2 Å². The van der Waals surface area contributed by atoms with Gasteiger partial charge in [0.15, 0.2) is 15.0 Å². The summed E-state index contributed by atoms with van der Waals surface area (Å²) in [6.45, 7) is 1.11. The predicted molar refractivity (Wildman–Crippen MR) is 124 cm³/mol. The second-order valence-electron chi connectivity index (χ2n) is 7.42. The molecule has 0 atom stereocenters. The van der Waals surface area contributed by atoms with E-state index < -0.39 is 20.9 Å². The summed E-state index contributed by atoms with van der Waals surface area (Å²) in [5, 5.41) is 2.43. The van der Waals surface area contributed by atoms with Crippen LogP contribution >= 0.6 is 22.9 Å². The molecule has 4 rings (SSSR count). The molecule has 0 saturated carbocycles. The molecule has 2 aromatic carbocycles. The Labute approximate surface area is 195 Å². The number of ether oxygens (including phenoxy) is 2. The van der Waals surface area contributed by atoms with Crippen LogP contribution in [0, 0.1) is 5.82 Å². The van der Waals surface area contributed by atoms with Crippen molar-refractivity contribution in [2.24, 2.45) is 0 Å². The van der Waals surface area contributed by atoms with Crippen LogP contribution in [0.15, 0.2) is 46.7 Å². The first-order chi connectivity index (χ1) is 15.3. The number of hydrogen-bond donors (Lipinski definition) is 0. The maximum atomic E-state index is 13.7. The van der Waals surface area contributed by atoms with Crippen molar-refractivity contribution in [2.45, 2.75) is 23.0 Å². The van der Waals surface area contributed by atoms with Crippen molar-refractivity contribution < 1.29 is 22.3 Å². The second-order valence-corrected chi connectivity index (χ2v) is 10.9. The van der Waals surface area contributed by atoms with E-state index >= 15 is 0 Å². The average Bonchev–Trinajstić information content (AvgIpc) is 3.28. The summed E-state index contributed by atoms with van der Waals surface area (Å²) >= 11 is 7.40. The summed E-state index contributed by atoms with van der Waals surface area (Å²) in [6, 6.07) is 9.06. The van der Waals surface area contributed by atoms with Gasteiger partial charge in [-0.3, -0.25) is 0 Å². The van der Waals surface area contributed by atoms with Crippen LogP contribution in [0.25, 0.3) is 11.3 Å². The number of methoxy groups -OCH3 is 2. The van der Waals surface area contributed by atoms with Gasteiger partial charge in [-0.1, -0.05) is 11.6 Å². The number of benzene rings is 2. The van der Waals surface area contributed by atoms with Gasteiger partial charge in [0.05, 0.1) is 25.2 Å². The zero-order chi connectivity index (χ0) is 22.9. The molecule has 170 valence electrons. The van der Waals surface area contributed by atoms with Crippen LogP contribution in [0.1, 0.15) is 12.8 Å². The molecular formula is C22H22ClFN2O4S2. The fraction of sp³-hybridized carbons (Fsp3) is 0.318. The summed E-state index contributed by atoms with van der Waals surface area (Å²) in [5.74, 6) is 0.405. The molecule has 0 aliphatic carbocycles. The first-order valence-corrected chi connectivity index (χ1v) is 12.7. The fourth-order valence-electron chi connectivity index (χ4n) is 3.79. The van der Waals surface area contributed by atoms with E-state index in [2.05, 4.69) is 9.88 Å². The van der Waals surface area contributed by atoms with Gasteiger partial charge in [-0.15, -0.1) is 11.3 Å². The van der Waals surface area contributed by atoms with E-state index in [9.17, 15) is 12.8 Å². The van der Waals surface area contributed by atoms with E-state index in [-0.39, 0.29) is 10.6 Å². The Bertz CT molecular complexity index is 1200. The standard InChI is InChI=1S/C22H22ClFN2O4S2/c1-29-17-3-4-21(20(12-17)30-2)32(27,28)18-5-7-26(8-6-18)22-25-19(13-31-22)14-9-15(23)11-16(24)10-14/h3-4,9-13,18H,5-8H2,1-2H3. The smallest absolute Gasteiger partial charge is 0.185 e. The Balaban J connectivity index is 1.48. The number of rotatable bonds is 6. The summed E-state index contributed by atoms with van der Waals surface area (Å²) < 4.78 is 50.7. The summed E-state index contributed by atoms with van der Waals surface area (Å²) in [6.07, 6.45) is 0.941. The molecule has 32 heavy (non-hydrogen) atoms. The lowest BCUT2D eigenvalue weighted by Gasteiger charge is -2.31. The van der Waals surface area contributed by atoms with Crippen LogP contribution in [-0.4, -0.2) is 46.0 Å². The molecule has 0 radical (unpaired) electrons. The zero-order valence-electron chi connectivity index (χ0n) is 17.5. The van der Waals surface area contributed by atoms with E-state index in [1.54, 1.807) is 18.2 Å². The lowest BCUT2D eigenvalue weighted by molar-refractivity contribution is 0.385. The number of sulfone groups is 1. The van der Waals surface area contributed by atoms with Gasteiger partial charge in [0.2, 0.25) is 0 Å². The van der Waals surface area contributed by atoms with Crippen LogP contribution in [0.3, 0.4) is 0 Å². The first kappa shape index (κ1) is 22.8.